The number of H-pyrrole nitrogens is 1. The van der Waals surface area contributed by atoms with Gasteiger partial charge in [0.05, 0.1) is 11.6 Å². The monoisotopic (exact) mass is 348 g/mol. The highest BCUT2D eigenvalue weighted by Gasteiger charge is 2.26. The quantitative estimate of drug-likeness (QED) is 0.663. The Morgan fingerprint density at radius 3 is 2.77 bits per heavy atom. The van der Waals surface area contributed by atoms with Crippen LogP contribution in [0.4, 0.5) is 5.82 Å². The Kier molecular flexibility index (Phi) is 3.95. The van der Waals surface area contributed by atoms with Crippen molar-refractivity contribution in [2.75, 3.05) is 5.73 Å². The van der Waals surface area contributed by atoms with Crippen LogP contribution >= 0.6 is 0 Å². The second kappa shape index (κ2) is 6.29. The molecule has 1 aliphatic carbocycles. The van der Waals surface area contributed by atoms with Crippen molar-refractivity contribution in [3.8, 4) is 0 Å². The number of nitrogen functional groups attached to an aromatic ring is 1. The number of nitrogens with two attached hydrogens (primary N) is 1. The van der Waals surface area contributed by atoms with Gasteiger partial charge in [-0.15, -0.1) is 0 Å². The molecule has 2 heterocycles. The molecule has 0 saturated carbocycles. The molecule has 132 valence electrons. The van der Waals surface area contributed by atoms with Gasteiger partial charge < -0.3 is 16.0 Å². The fourth-order valence-corrected chi connectivity index (χ4v) is 3.73. The fraction of sp³-hybridized carbons (Fsp3) is 0.250. The molecular weight excluding hydrogens is 328 g/mol. The molecule has 0 fully saturated rings. The van der Waals surface area contributed by atoms with Crippen molar-refractivity contribution in [1.82, 2.24) is 15.3 Å². The number of anilines is 1. The second-order valence-corrected chi connectivity index (χ2v) is 6.81. The zero-order valence-electron chi connectivity index (χ0n) is 14.5. The largest absolute Gasteiger partial charge is 0.384 e. The van der Waals surface area contributed by atoms with Crippen LogP contribution in [0.3, 0.4) is 0 Å². The van der Waals surface area contributed by atoms with E-state index in [4.69, 9.17) is 5.73 Å². The van der Waals surface area contributed by atoms with Crippen LogP contribution in [-0.4, -0.2) is 15.9 Å². The van der Waals surface area contributed by atoms with Crippen molar-refractivity contribution in [3.63, 3.8) is 0 Å². The molecule has 2 atom stereocenters. The molecule has 1 amide bonds. The molecule has 0 bridgehead atoms. The van der Waals surface area contributed by atoms with Crippen LogP contribution in [0.15, 0.2) is 47.3 Å². The average molecular weight is 348 g/mol. The Labute approximate surface area is 150 Å². The van der Waals surface area contributed by atoms with Crippen LogP contribution in [0.5, 0.6) is 0 Å². The highest BCUT2D eigenvalue weighted by Crippen LogP contribution is 2.37. The lowest BCUT2D eigenvalue weighted by Gasteiger charge is -2.30. The van der Waals surface area contributed by atoms with Gasteiger partial charge >= 0.3 is 0 Å². The maximum atomic E-state index is 12.9. The van der Waals surface area contributed by atoms with E-state index in [0.717, 1.165) is 18.4 Å². The summed E-state index contributed by atoms with van der Waals surface area (Å²) >= 11 is 0. The Hall–Kier alpha value is -3.15. The predicted molar refractivity (Wildman–Crippen MR) is 101 cm³/mol. The van der Waals surface area contributed by atoms with E-state index in [1.807, 2.05) is 12.1 Å². The number of carbonyl (C=O) groups is 1. The van der Waals surface area contributed by atoms with Gasteiger partial charge in [0, 0.05) is 11.5 Å². The normalized spacial score (nSPS) is 19.1. The molecule has 0 spiro atoms. The van der Waals surface area contributed by atoms with Crippen molar-refractivity contribution in [3.05, 3.63) is 69.5 Å². The topological polar surface area (TPSA) is 101 Å². The van der Waals surface area contributed by atoms with Gasteiger partial charge in [0.1, 0.15) is 11.5 Å². The van der Waals surface area contributed by atoms with Crippen molar-refractivity contribution in [1.29, 1.82) is 0 Å². The molecule has 6 heteroatoms. The second-order valence-electron chi connectivity index (χ2n) is 6.81. The van der Waals surface area contributed by atoms with Crippen LogP contribution < -0.4 is 16.6 Å². The third kappa shape index (κ3) is 2.83. The molecule has 1 aliphatic rings. The summed E-state index contributed by atoms with van der Waals surface area (Å²) < 4.78 is 0. The summed E-state index contributed by atoms with van der Waals surface area (Å²) in [4.78, 5) is 31.6. The molecule has 2 aromatic heterocycles. The van der Waals surface area contributed by atoms with Crippen molar-refractivity contribution in [2.24, 2.45) is 0 Å². The first-order chi connectivity index (χ1) is 12.5. The van der Waals surface area contributed by atoms with Crippen molar-refractivity contribution in [2.45, 2.75) is 31.7 Å². The van der Waals surface area contributed by atoms with Gasteiger partial charge in [-0.25, -0.2) is 4.98 Å². The number of nitrogens with one attached hydrogen (secondary N) is 2. The standard InChI is InChI=1S/C20H20N4O2/c1-11-6-8-16(13-5-3-2-4-12(11)13)22-20(26)15-10-18(25)24-19-14(15)7-9-17(21)23-19/h2-5,7,9-11,16H,6,8H2,1H3,(H,22,26)(H3,21,23,24,25). The van der Waals surface area contributed by atoms with Crippen molar-refractivity contribution >= 4 is 22.8 Å². The van der Waals surface area contributed by atoms with Gasteiger partial charge in [0.2, 0.25) is 5.56 Å². The van der Waals surface area contributed by atoms with Crippen LogP contribution in [0.25, 0.3) is 11.0 Å². The highest BCUT2D eigenvalue weighted by molar-refractivity contribution is 6.05. The Morgan fingerprint density at radius 1 is 1.19 bits per heavy atom. The number of aromatic amines is 1. The summed E-state index contributed by atoms with van der Waals surface area (Å²) in [5, 5.41) is 3.67. The molecule has 0 aliphatic heterocycles. The number of hydrogen-bond acceptors (Lipinski definition) is 4. The van der Waals surface area contributed by atoms with E-state index in [1.54, 1.807) is 12.1 Å². The zero-order valence-corrected chi connectivity index (χ0v) is 14.5. The number of carbonyl (C=O) groups excluding carboxylic acids is 1. The smallest absolute Gasteiger partial charge is 0.252 e. The highest BCUT2D eigenvalue weighted by atomic mass is 16.2. The molecule has 4 N–H and O–H groups in total. The molecule has 1 aromatic carbocycles. The third-order valence-corrected chi connectivity index (χ3v) is 5.06. The minimum absolute atomic E-state index is 0.0639. The predicted octanol–water partition coefficient (Wildman–Crippen LogP) is 2.87. The molecule has 3 aromatic rings. The lowest BCUT2D eigenvalue weighted by Crippen LogP contribution is -2.32. The number of benzene rings is 1. The number of amides is 1. The Balaban J connectivity index is 1.71. The van der Waals surface area contributed by atoms with Crippen LogP contribution in [-0.2, 0) is 0 Å². The summed E-state index contributed by atoms with van der Waals surface area (Å²) in [5.41, 5.74) is 8.36. The van der Waals surface area contributed by atoms with Gasteiger partial charge in [-0.1, -0.05) is 31.2 Å². The van der Waals surface area contributed by atoms with E-state index in [9.17, 15) is 9.59 Å². The van der Waals surface area contributed by atoms with E-state index < -0.39 is 0 Å². The van der Waals surface area contributed by atoms with E-state index in [-0.39, 0.29) is 17.5 Å². The van der Waals surface area contributed by atoms with Crippen molar-refractivity contribution < 1.29 is 4.79 Å². The van der Waals surface area contributed by atoms with E-state index in [2.05, 4.69) is 34.3 Å². The Bertz CT molecular complexity index is 1060. The molecular formula is C20H20N4O2. The molecule has 0 radical (unpaired) electrons. The summed E-state index contributed by atoms with van der Waals surface area (Å²) in [6, 6.07) is 12.8. The number of aromatic nitrogens is 2. The summed E-state index contributed by atoms with van der Waals surface area (Å²) in [6.45, 7) is 2.21. The fourth-order valence-electron chi connectivity index (χ4n) is 3.73. The Morgan fingerprint density at radius 2 is 1.96 bits per heavy atom. The number of fused-ring (bicyclic) bond motifs is 2. The lowest BCUT2D eigenvalue weighted by atomic mass is 9.81. The minimum Gasteiger partial charge on any atom is -0.384 e. The maximum Gasteiger partial charge on any atom is 0.252 e. The van der Waals surface area contributed by atoms with Gasteiger partial charge in [0.25, 0.3) is 5.91 Å². The first-order valence-corrected chi connectivity index (χ1v) is 8.72. The zero-order chi connectivity index (χ0) is 18.3. The van der Waals surface area contributed by atoms with E-state index >= 15 is 0 Å². The van der Waals surface area contributed by atoms with Crippen LogP contribution in [0.2, 0.25) is 0 Å². The van der Waals surface area contributed by atoms with Gasteiger partial charge in [-0.2, -0.15) is 0 Å². The number of rotatable bonds is 2. The first kappa shape index (κ1) is 16.3. The minimum atomic E-state index is -0.376. The molecule has 6 nitrogen and oxygen atoms in total. The molecule has 26 heavy (non-hydrogen) atoms. The third-order valence-electron chi connectivity index (χ3n) is 5.06. The molecule has 4 rings (SSSR count). The van der Waals surface area contributed by atoms with E-state index in [1.165, 1.54) is 11.6 Å². The van der Waals surface area contributed by atoms with Gasteiger partial charge in [0.15, 0.2) is 0 Å². The van der Waals surface area contributed by atoms with Gasteiger partial charge in [-0.05, 0) is 42.0 Å². The number of hydrogen-bond donors (Lipinski definition) is 3. The summed E-state index contributed by atoms with van der Waals surface area (Å²) in [5.74, 6) is 0.495. The average Bonchev–Trinajstić information content (AvgIpc) is 2.63. The van der Waals surface area contributed by atoms with Gasteiger partial charge in [-0.3, -0.25) is 9.59 Å². The molecule has 0 saturated heterocycles. The summed E-state index contributed by atoms with van der Waals surface area (Å²) in [7, 11) is 0. The number of nitrogens with zero attached hydrogens (tertiary/aromatic N) is 1. The number of pyridine rings is 2. The van der Waals surface area contributed by atoms with E-state index in [0.29, 0.717) is 28.3 Å². The van der Waals surface area contributed by atoms with Crippen LogP contribution in [0.1, 0.15) is 53.2 Å². The first-order valence-electron chi connectivity index (χ1n) is 8.72. The van der Waals surface area contributed by atoms with Crippen LogP contribution in [0, 0.1) is 0 Å². The summed E-state index contributed by atoms with van der Waals surface area (Å²) in [6.07, 6.45) is 1.88. The molecule has 2 unspecified atom stereocenters. The lowest BCUT2D eigenvalue weighted by molar-refractivity contribution is 0.0933. The maximum absolute atomic E-state index is 12.9. The SMILES string of the molecule is CC1CCC(NC(=O)c2cc(=O)[nH]c3nc(N)ccc23)c2ccccc21.